The Morgan fingerprint density at radius 3 is 2.74 bits per heavy atom. The topological polar surface area (TPSA) is 76.9 Å². The maximum Gasteiger partial charge on any atom is 0.283 e. The monoisotopic (exact) mass is 312 g/mol. The van der Waals surface area contributed by atoms with Gasteiger partial charge in [-0.2, -0.15) is 0 Å². The van der Waals surface area contributed by atoms with E-state index < -0.39 is 11.5 Å². The Labute approximate surface area is 130 Å². The Kier molecular flexibility index (Phi) is 3.84. The van der Waals surface area contributed by atoms with Crippen molar-refractivity contribution in [2.75, 3.05) is 0 Å². The predicted octanol–water partition coefficient (Wildman–Crippen LogP) is 1.40. The predicted molar refractivity (Wildman–Crippen MR) is 82.3 cm³/mol. The summed E-state index contributed by atoms with van der Waals surface area (Å²) in [7, 11) is 1.54. The number of rotatable bonds is 3. The minimum atomic E-state index is -0.583. The van der Waals surface area contributed by atoms with Crippen molar-refractivity contribution in [3.63, 3.8) is 0 Å². The molecule has 1 aromatic carbocycles. The normalized spacial score (nSPS) is 10.7. The molecule has 2 aromatic heterocycles. The van der Waals surface area contributed by atoms with E-state index in [9.17, 15) is 14.0 Å². The van der Waals surface area contributed by atoms with Crippen LogP contribution in [-0.4, -0.2) is 20.4 Å². The third-order valence-corrected chi connectivity index (χ3v) is 3.40. The fraction of sp³-hybridized carbons (Fsp3) is 0.125. The van der Waals surface area contributed by atoms with Gasteiger partial charge in [-0.1, -0.05) is 12.1 Å². The summed E-state index contributed by atoms with van der Waals surface area (Å²) in [5.41, 5.74) is 0.871. The van der Waals surface area contributed by atoms with Crippen LogP contribution in [0, 0.1) is 5.82 Å². The largest absolute Gasteiger partial charge is 0.346 e. The van der Waals surface area contributed by atoms with Crippen LogP contribution in [0.25, 0.3) is 11.2 Å². The maximum absolute atomic E-state index is 12.8. The highest BCUT2D eigenvalue weighted by Gasteiger charge is 2.16. The fourth-order valence-corrected chi connectivity index (χ4v) is 2.17. The van der Waals surface area contributed by atoms with Crippen molar-refractivity contribution in [3.8, 4) is 0 Å². The molecule has 0 unspecified atom stereocenters. The van der Waals surface area contributed by atoms with Gasteiger partial charge in [-0.15, -0.1) is 0 Å². The molecule has 0 fully saturated rings. The lowest BCUT2D eigenvalue weighted by Gasteiger charge is -2.08. The molecule has 7 heteroatoms. The number of aryl methyl sites for hydroxylation is 1. The molecule has 0 aliphatic rings. The smallest absolute Gasteiger partial charge is 0.283 e. The Balaban J connectivity index is 1.87. The van der Waals surface area contributed by atoms with Gasteiger partial charge >= 0.3 is 0 Å². The number of halogens is 1. The van der Waals surface area contributed by atoms with Crippen LogP contribution in [0.4, 0.5) is 4.39 Å². The number of hydrogen-bond donors (Lipinski definition) is 1. The molecule has 3 rings (SSSR count). The SMILES string of the molecule is Cn1c(=O)c(C(=O)NCc2ccc(F)cc2)nc2cccnc21. The molecule has 1 N–H and O–H groups in total. The van der Waals surface area contributed by atoms with Gasteiger partial charge in [0.1, 0.15) is 11.3 Å². The molecule has 0 aliphatic heterocycles. The Bertz CT molecular complexity index is 935. The lowest BCUT2D eigenvalue weighted by Crippen LogP contribution is -2.33. The third kappa shape index (κ3) is 2.94. The number of amides is 1. The minimum absolute atomic E-state index is 0.176. The van der Waals surface area contributed by atoms with Gasteiger partial charge in [0.05, 0.1) is 0 Å². The summed E-state index contributed by atoms with van der Waals surface area (Å²) in [5, 5.41) is 2.61. The standard InChI is InChI=1S/C16H13FN4O2/c1-21-14-12(3-2-8-18-14)20-13(16(21)23)15(22)19-9-10-4-6-11(17)7-5-10/h2-8H,9H2,1H3,(H,19,22). The fourth-order valence-electron chi connectivity index (χ4n) is 2.17. The van der Waals surface area contributed by atoms with E-state index >= 15 is 0 Å². The van der Waals surface area contributed by atoms with Gasteiger partial charge in [0.2, 0.25) is 0 Å². The molecule has 23 heavy (non-hydrogen) atoms. The van der Waals surface area contributed by atoms with Gasteiger partial charge in [-0.3, -0.25) is 14.2 Å². The number of carbonyl (C=O) groups is 1. The Morgan fingerprint density at radius 1 is 1.26 bits per heavy atom. The molecule has 0 aliphatic carbocycles. The molecule has 6 nitrogen and oxygen atoms in total. The molecule has 0 saturated carbocycles. The van der Waals surface area contributed by atoms with Crippen LogP contribution in [0.15, 0.2) is 47.4 Å². The van der Waals surface area contributed by atoms with E-state index in [4.69, 9.17) is 0 Å². The second-order valence-corrected chi connectivity index (χ2v) is 4.98. The van der Waals surface area contributed by atoms with Crippen molar-refractivity contribution in [1.82, 2.24) is 19.9 Å². The number of pyridine rings is 1. The van der Waals surface area contributed by atoms with Crippen LogP contribution < -0.4 is 10.9 Å². The quantitative estimate of drug-likeness (QED) is 0.793. The average molecular weight is 312 g/mol. The Hall–Kier alpha value is -3.09. The number of hydrogen-bond acceptors (Lipinski definition) is 4. The minimum Gasteiger partial charge on any atom is -0.346 e. The molecule has 2 heterocycles. The van der Waals surface area contributed by atoms with Gasteiger partial charge in [0.15, 0.2) is 11.3 Å². The summed E-state index contributed by atoms with van der Waals surface area (Å²) in [6.07, 6.45) is 1.55. The van der Waals surface area contributed by atoms with Gasteiger partial charge < -0.3 is 5.32 Å². The first-order valence-electron chi connectivity index (χ1n) is 6.90. The molecule has 0 spiro atoms. The van der Waals surface area contributed by atoms with Gasteiger partial charge in [-0.05, 0) is 29.8 Å². The summed E-state index contributed by atoms with van der Waals surface area (Å²) >= 11 is 0. The molecule has 0 saturated heterocycles. The lowest BCUT2D eigenvalue weighted by atomic mass is 10.2. The van der Waals surface area contributed by atoms with Gasteiger partial charge in [-0.25, -0.2) is 14.4 Å². The zero-order chi connectivity index (χ0) is 16.4. The average Bonchev–Trinajstić information content (AvgIpc) is 2.57. The van der Waals surface area contributed by atoms with Crippen molar-refractivity contribution in [2.24, 2.45) is 7.05 Å². The third-order valence-electron chi connectivity index (χ3n) is 3.40. The first-order chi connectivity index (χ1) is 11.1. The number of aromatic nitrogens is 3. The highest BCUT2D eigenvalue weighted by atomic mass is 19.1. The molecule has 1 amide bonds. The number of benzene rings is 1. The molecular formula is C16H13FN4O2. The van der Waals surface area contributed by atoms with E-state index in [-0.39, 0.29) is 18.1 Å². The highest BCUT2D eigenvalue weighted by Crippen LogP contribution is 2.06. The van der Waals surface area contributed by atoms with E-state index in [2.05, 4.69) is 15.3 Å². The zero-order valence-electron chi connectivity index (χ0n) is 12.3. The highest BCUT2D eigenvalue weighted by molar-refractivity contribution is 5.93. The molecule has 0 atom stereocenters. The van der Waals surface area contributed by atoms with Crippen LogP contribution in [-0.2, 0) is 13.6 Å². The first kappa shape index (κ1) is 14.8. The van der Waals surface area contributed by atoms with Crippen molar-refractivity contribution in [2.45, 2.75) is 6.54 Å². The van der Waals surface area contributed by atoms with E-state index in [0.717, 1.165) is 5.56 Å². The molecule has 116 valence electrons. The lowest BCUT2D eigenvalue weighted by molar-refractivity contribution is 0.0944. The van der Waals surface area contributed by atoms with Crippen LogP contribution in [0.5, 0.6) is 0 Å². The van der Waals surface area contributed by atoms with Gasteiger partial charge in [0.25, 0.3) is 11.5 Å². The zero-order valence-corrected chi connectivity index (χ0v) is 12.3. The molecule has 0 bridgehead atoms. The maximum atomic E-state index is 12.8. The van der Waals surface area contributed by atoms with E-state index in [1.165, 1.54) is 23.7 Å². The van der Waals surface area contributed by atoms with Crippen molar-refractivity contribution < 1.29 is 9.18 Å². The van der Waals surface area contributed by atoms with Crippen molar-refractivity contribution in [1.29, 1.82) is 0 Å². The number of carbonyl (C=O) groups excluding carboxylic acids is 1. The van der Waals surface area contributed by atoms with E-state index in [1.807, 2.05) is 0 Å². The van der Waals surface area contributed by atoms with Gasteiger partial charge in [0, 0.05) is 19.8 Å². The molecule has 3 aromatic rings. The van der Waals surface area contributed by atoms with Crippen molar-refractivity contribution in [3.05, 3.63) is 70.0 Å². The van der Waals surface area contributed by atoms with Crippen LogP contribution >= 0.6 is 0 Å². The molecular weight excluding hydrogens is 299 g/mol. The Morgan fingerprint density at radius 2 is 2.00 bits per heavy atom. The summed E-state index contributed by atoms with van der Waals surface area (Å²) in [5.74, 6) is -0.932. The summed E-state index contributed by atoms with van der Waals surface area (Å²) in [6, 6.07) is 9.09. The first-order valence-corrected chi connectivity index (χ1v) is 6.90. The van der Waals surface area contributed by atoms with Crippen LogP contribution in [0.1, 0.15) is 16.1 Å². The van der Waals surface area contributed by atoms with Crippen molar-refractivity contribution >= 4 is 17.1 Å². The number of nitrogens with zero attached hydrogens (tertiary/aromatic N) is 3. The van der Waals surface area contributed by atoms with Crippen LogP contribution in [0.2, 0.25) is 0 Å². The van der Waals surface area contributed by atoms with E-state index in [0.29, 0.717) is 11.2 Å². The number of fused-ring (bicyclic) bond motifs is 1. The number of nitrogens with one attached hydrogen (secondary N) is 1. The summed E-state index contributed by atoms with van der Waals surface area (Å²) in [6.45, 7) is 0.176. The summed E-state index contributed by atoms with van der Waals surface area (Å²) in [4.78, 5) is 32.6. The second kappa shape index (κ2) is 5.96. The second-order valence-electron chi connectivity index (χ2n) is 4.98. The van der Waals surface area contributed by atoms with Crippen LogP contribution in [0.3, 0.4) is 0 Å². The van der Waals surface area contributed by atoms with E-state index in [1.54, 1.807) is 30.5 Å². The molecule has 0 radical (unpaired) electrons. The summed E-state index contributed by atoms with van der Waals surface area (Å²) < 4.78 is 14.1.